The molecule has 10 nitrogen and oxygen atoms in total. The summed E-state index contributed by atoms with van der Waals surface area (Å²) >= 11 is 1.28. The first-order valence-electron chi connectivity index (χ1n) is 9.65. The van der Waals surface area contributed by atoms with Gasteiger partial charge in [-0.05, 0) is 43.7 Å². The molecule has 2 aromatic heterocycles. The highest BCUT2D eigenvalue weighted by Crippen LogP contribution is 2.31. The Balaban J connectivity index is 1.82. The van der Waals surface area contributed by atoms with E-state index in [1.54, 1.807) is 13.0 Å². The van der Waals surface area contributed by atoms with Gasteiger partial charge in [0.25, 0.3) is 0 Å². The maximum absolute atomic E-state index is 11.8. The largest absolute Gasteiger partial charge is 0.393 e. The second-order valence-corrected chi connectivity index (χ2v) is 8.01. The van der Waals surface area contributed by atoms with Crippen molar-refractivity contribution in [2.75, 3.05) is 29.0 Å². The molecule has 1 fully saturated rings. The molecule has 1 atom stereocenters. The quantitative estimate of drug-likeness (QED) is 0.467. The van der Waals surface area contributed by atoms with Crippen LogP contribution < -0.4 is 21.7 Å². The fraction of sp³-hybridized carbons (Fsp3) is 0.421. The number of hydrogen-bond acceptors (Lipinski definition) is 10. The van der Waals surface area contributed by atoms with E-state index in [-0.39, 0.29) is 18.0 Å². The number of anilines is 3. The highest BCUT2D eigenvalue weighted by atomic mass is 32.2. The summed E-state index contributed by atoms with van der Waals surface area (Å²) in [5.41, 5.74) is 12.2. The zero-order chi connectivity index (χ0) is 21.7. The molecule has 1 saturated heterocycles. The minimum absolute atomic E-state index is 0.00537. The van der Waals surface area contributed by atoms with E-state index in [0.717, 1.165) is 42.3 Å². The van der Waals surface area contributed by atoms with Gasteiger partial charge in [-0.1, -0.05) is 6.08 Å². The summed E-state index contributed by atoms with van der Waals surface area (Å²) in [6.45, 7) is 6.91. The van der Waals surface area contributed by atoms with Crippen LogP contribution in [0.1, 0.15) is 25.5 Å². The molecule has 0 radical (unpaired) electrons. The molecule has 1 aliphatic rings. The molecule has 0 bridgehead atoms. The second kappa shape index (κ2) is 9.83. The van der Waals surface area contributed by atoms with E-state index < -0.39 is 11.9 Å². The molecule has 6 N–H and O–H groups in total. The summed E-state index contributed by atoms with van der Waals surface area (Å²) in [6.07, 6.45) is 3.58. The van der Waals surface area contributed by atoms with Gasteiger partial charge in [0.1, 0.15) is 5.82 Å². The number of hydrogen-bond donors (Lipinski definition) is 4. The van der Waals surface area contributed by atoms with Crippen LogP contribution in [0.15, 0.2) is 34.8 Å². The lowest BCUT2D eigenvalue weighted by Gasteiger charge is -2.30. The first kappa shape index (κ1) is 21.9. The van der Waals surface area contributed by atoms with Crippen LogP contribution in [0.3, 0.4) is 0 Å². The summed E-state index contributed by atoms with van der Waals surface area (Å²) < 4.78 is 0. The number of nitrogens with two attached hydrogens (primary N) is 2. The fourth-order valence-corrected chi connectivity index (χ4v) is 3.77. The molecule has 160 valence electrons. The van der Waals surface area contributed by atoms with E-state index in [4.69, 9.17) is 16.5 Å². The highest BCUT2D eigenvalue weighted by molar-refractivity contribution is 7.99. The fourth-order valence-electron chi connectivity index (χ4n) is 2.92. The van der Waals surface area contributed by atoms with Crippen molar-refractivity contribution in [2.24, 2.45) is 5.73 Å². The van der Waals surface area contributed by atoms with Crippen molar-refractivity contribution in [3.05, 3.63) is 30.5 Å². The molecule has 0 spiro atoms. The number of rotatable bonds is 7. The van der Waals surface area contributed by atoms with E-state index in [2.05, 4.69) is 31.7 Å². The number of carbonyl (C=O) groups excluding carboxylic acids is 1. The average Bonchev–Trinajstić information content (AvgIpc) is 2.69. The summed E-state index contributed by atoms with van der Waals surface area (Å²) in [7, 11) is 0. The molecule has 1 aliphatic heterocycles. The van der Waals surface area contributed by atoms with Gasteiger partial charge in [0.15, 0.2) is 5.16 Å². The molecule has 0 saturated carbocycles. The number of nitrogen functional groups attached to an aromatic ring is 1. The van der Waals surface area contributed by atoms with E-state index in [1.165, 1.54) is 11.8 Å². The van der Waals surface area contributed by atoms with Crippen molar-refractivity contribution in [3.8, 4) is 0 Å². The number of allylic oxidation sites excluding steroid dienone is 1. The molecule has 0 aliphatic carbocycles. The zero-order valence-electron chi connectivity index (χ0n) is 16.8. The van der Waals surface area contributed by atoms with Gasteiger partial charge < -0.3 is 21.5 Å². The number of piperidine rings is 1. The van der Waals surface area contributed by atoms with Crippen LogP contribution in [0.4, 0.5) is 17.7 Å². The van der Waals surface area contributed by atoms with Gasteiger partial charge in [-0.3, -0.25) is 10.1 Å². The van der Waals surface area contributed by atoms with Gasteiger partial charge in [-0.2, -0.15) is 15.0 Å². The molecule has 1 unspecified atom stereocenters. The predicted molar refractivity (Wildman–Crippen MR) is 116 cm³/mol. The Morgan fingerprint density at radius 1 is 1.37 bits per heavy atom. The van der Waals surface area contributed by atoms with Crippen LogP contribution in [-0.2, 0) is 11.2 Å². The molecule has 0 aromatic carbocycles. The standard InChI is InChI=1S/C19H26N8O2S/c1-3-4-13-14(5-6-15(22-13)27-9-7-12(28)8-10-27)30-19-25-17(21)24-18(26-19)23-16(29)11(2)20/h3,5-6,11-12,28H,1,4,7-10,20H2,2H3,(H3,21,23,24,25,26,29). The number of amides is 1. The molecule has 3 heterocycles. The van der Waals surface area contributed by atoms with Crippen LogP contribution in [0, 0.1) is 0 Å². The minimum Gasteiger partial charge on any atom is -0.393 e. The monoisotopic (exact) mass is 430 g/mol. The van der Waals surface area contributed by atoms with Gasteiger partial charge in [-0.15, -0.1) is 6.58 Å². The Bertz CT molecular complexity index is 915. The third-order valence-corrected chi connectivity index (χ3v) is 5.48. The van der Waals surface area contributed by atoms with Gasteiger partial charge in [0, 0.05) is 24.4 Å². The van der Waals surface area contributed by atoms with E-state index in [9.17, 15) is 9.90 Å². The number of aromatic nitrogens is 4. The Hall–Kier alpha value is -2.76. The Morgan fingerprint density at radius 3 is 2.77 bits per heavy atom. The van der Waals surface area contributed by atoms with E-state index in [1.807, 2.05) is 12.1 Å². The molecule has 3 rings (SSSR count). The lowest BCUT2D eigenvalue weighted by molar-refractivity contribution is -0.117. The normalized spacial score (nSPS) is 15.6. The summed E-state index contributed by atoms with van der Waals surface area (Å²) in [5.74, 6) is 0.493. The van der Waals surface area contributed by atoms with Crippen LogP contribution in [0.2, 0.25) is 0 Å². The van der Waals surface area contributed by atoms with Gasteiger partial charge >= 0.3 is 0 Å². The SMILES string of the molecule is C=CCc1nc(N2CCC(O)CC2)ccc1Sc1nc(N)nc(NC(=O)C(C)N)n1. The molecular weight excluding hydrogens is 404 g/mol. The first-order valence-corrected chi connectivity index (χ1v) is 10.5. The Labute approximate surface area is 179 Å². The molecule has 1 amide bonds. The number of aliphatic hydroxyl groups is 1. The van der Waals surface area contributed by atoms with Gasteiger partial charge in [0.05, 0.1) is 17.8 Å². The van der Waals surface area contributed by atoms with Crippen molar-refractivity contribution < 1.29 is 9.90 Å². The van der Waals surface area contributed by atoms with Gasteiger partial charge in [0.2, 0.25) is 17.8 Å². The Morgan fingerprint density at radius 2 is 2.10 bits per heavy atom. The second-order valence-electron chi connectivity index (χ2n) is 7.01. The minimum atomic E-state index is -0.703. The number of nitrogens with one attached hydrogen (secondary N) is 1. The van der Waals surface area contributed by atoms with Crippen molar-refractivity contribution >= 4 is 35.4 Å². The molecular formula is C19H26N8O2S. The van der Waals surface area contributed by atoms with E-state index >= 15 is 0 Å². The van der Waals surface area contributed by atoms with Gasteiger partial charge in [-0.25, -0.2) is 4.98 Å². The van der Waals surface area contributed by atoms with Crippen LogP contribution >= 0.6 is 11.8 Å². The predicted octanol–water partition coefficient (Wildman–Crippen LogP) is 0.975. The third kappa shape index (κ3) is 5.65. The maximum Gasteiger partial charge on any atom is 0.243 e. The lowest BCUT2D eigenvalue weighted by atomic mass is 10.1. The molecule has 11 heteroatoms. The van der Waals surface area contributed by atoms with E-state index in [0.29, 0.717) is 11.6 Å². The lowest BCUT2D eigenvalue weighted by Crippen LogP contribution is -2.36. The molecule has 30 heavy (non-hydrogen) atoms. The average molecular weight is 431 g/mol. The zero-order valence-corrected chi connectivity index (χ0v) is 17.6. The van der Waals surface area contributed by atoms with Crippen molar-refractivity contribution in [1.82, 2.24) is 19.9 Å². The molecule has 2 aromatic rings. The summed E-state index contributed by atoms with van der Waals surface area (Å²) in [4.78, 5) is 32.0. The first-order chi connectivity index (χ1) is 14.4. The highest BCUT2D eigenvalue weighted by Gasteiger charge is 2.20. The van der Waals surface area contributed by atoms with Crippen LogP contribution in [0.25, 0.3) is 0 Å². The maximum atomic E-state index is 11.8. The summed E-state index contributed by atoms with van der Waals surface area (Å²) in [6, 6.07) is 3.19. The number of aliphatic hydroxyl groups excluding tert-OH is 1. The smallest absolute Gasteiger partial charge is 0.243 e. The van der Waals surface area contributed by atoms with Crippen LogP contribution in [0.5, 0.6) is 0 Å². The number of carbonyl (C=O) groups is 1. The van der Waals surface area contributed by atoms with Crippen molar-refractivity contribution in [2.45, 2.75) is 48.4 Å². The third-order valence-electron chi connectivity index (χ3n) is 4.53. The van der Waals surface area contributed by atoms with Crippen LogP contribution in [-0.4, -0.2) is 56.2 Å². The topological polar surface area (TPSA) is 156 Å². The number of nitrogens with zero attached hydrogens (tertiary/aromatic N) is 5. The summed E-state index contributed by atoms with van der Waals surface area (Å²) in [5, 5.41) is 12.6. The Kier molecular flexibility index (Phi) is 7.19. The van der Waals surface area contributed by atoms with Crippen molar-refractivity contribution in [1.29, 1.82) is 0 Å². The van der Waals surface area contributed by atoms with Crippen molar-refractivity contribution in [3.63, 3.8) is 0 Å². The number of pyridine rings is 1.